The number of rotatable bonds is 6. The van der Waals surface area contributed by atoms with Crippen LogP contribution in [0.25, 0.3) is 0 Å². The van der Waals surface area contributed by atoms with E-state index in [1.54, 1.807) is 0 Å². The average molecular weight is 349 g/mol. The van der Waals surface area contributed by atoms with Crippen LogP contribution in [0.3, 0.4) is 0 Å². The Morgan fingerprint density at radius 2 is 1.46 bits per heavy atom. The highest BCUT2D eigenvalue weighted by Gasteiger charge is 2.43. The molecule has 0 radical (unpaired) electrons. The van der Waals surface area contributed by atoms with E-state index in [4.69, 9.17) is 30.5 Å². The van der Waals surface area contributed by atoms with Crippen LogP contribution in [0.5, 0.6) is 0 Å². The van der Waals surface area contributed by atoms with Crippen molar-refractivity contribution in [3.8, 4) is 0 Å². The van der Waals surface area contributed by atoms with Crippen LogP contribution in [-0.2, 0) is 14.5 Å². The molecule has 24 heavy (non-hydrogen) atoms. The summed E-state index contributed by atoms with van der Waals surface area (Å²) in [5.74, 6) is 0.751. The molecule has 10 nitrogen and oxygen atoms in total. The van der Waals surface area contributed by atoms with Crippen molar-refractivity contribution in [2.24, 2.45) is 17.8 Å². The van der Waals surface area contributed by atoms with E-state index in [1.165, 1.54) is 0 Å². The van der Waals surface area contributed by atoms with E-state index in [-0.39, 0.29) is 18.7 Å². The summed E-state index contributed by atoms with van der Waals surface area (Å²) >= 11 is 0. The molecule has 2 aliphatic rings. The summed E-state index contributed by atoms with van der Waals surface area (Å²) in [6.07, 6.45) is 0.557. The summed E-state index contributed by atoms with van der Waals surface area (Å²) < 4.78 is 0. The van der Waals surface area contributed by atoms with E-state index in [9.17, 15) is 4.79 Å². The Morgan fingerprint density at radius 3 is 1.83 bits per heavy atom. The van der Waals surface area contributed by atoms with E-state index in [0.29, 0.717) is 24.9 Å². The third-order valence-corrected chi connectivity index (χ3v) is 5.05. The first-order valence-corrected chi connectivity index (χ1v) is 8.26. The first-order valence-electron chi connectivity index (χ1n) is 8.26. The number of carbonyl (C=O) groups excluding carboxylic acids is 1. The molecule has 1 saturated carbocycles. The van der Waals surface area contributed by atoms with Crippen molar-refractivity contribution in [3.63, 3.8) is 0 Å². The van der Waals surface area contributed by atoms with Gasteiger partial charge < -0.3 is 4.90 Å². The fourth-order valence-corrected chi connectivity index (χ4v) is 3.67. The van der Waals surface area contributed by atoms with Crippen LogP contribution in [0, 0.1) is 17.8 Å². The molecule has 1 aliphatic carbocycles. The van der Waals surface area contributed by atoms with Crippen molar-refractivity contribution >= 4 is 5.91 Å². The lowest BCUT2D eigenvalue weighted by molar-refractivity contribution is -0.535. The monoisotopic (exact) mass is 349 g/mol. The molecule has 0 bridgehead atoms. The van der Waals surface area contributed by atoms with Crippen LogP contribution in [0.1, 0.15) is 39.5 Å². The standard InChI is InChI=1S/C14H27N3O7/c1-9(2)10-3-5-15(6-4-10)14(18)11-7-12(23-16(19)20)13(8-11)24-17(21)22/h9-13,19-22H,3-8H2,1-2H3/t11-,12+,13-. The van der Waals surface area contributed by atoms with Crippen molar-refractivity contribution in [2.75, 3.05) is 13.1 Å². The zero-order valence-corrected chi connectivity index (χ0v) is 14.0. The molecular weight excluding hydrogens is 322 g/mol. The quantitative estimate of drug-likeness (QED) is 0.520. The van der Waals surface area contributed by atoms with Crippen molar-refractivity contribution in [1.82, 2.24) is 15.7 Å². The Kier molecular flexibility index (Phi) is 6.89. The number of amides is 1. The summed E-state index contributed by atoms with van der Waals surface area (Å²) in [6.45, 7) is 5.78. The number of piperidine rings is 1. The minimum atomic E-state index is -0.885. The highest BCUT2D eigenvalue weighted by atomic mass is 17.1. The number of carbonyl (C=O) groups is 1. The molecule has 1 saturated heterocycles. The van der Waals surface area contributed by atoms with E-state index in [2.05, 4.69) is 13.8 Å². The number of hydrogen-bond acceptors (Lipinski definition) is 9. The second kappa shape index (κ2) is 8.50. The Morgan fingerprint density at radius 1 is 1.00 bits per heavy atom. The molecule has 0 aromatic carbocycles. The van der Waals surface area contributed by atoms with Gasteiger partial charge in [0, 0.05) is 19.0 Å². The van der Waals surface area contributed by atoms with Gasteiger partial charge >= 0.3 is 0 Å². The van der Waals surface area contributed by atoms with Gasteiger partial charge in [-0.15, -0.1) is 0 Å². The highest BCUT2D eigenvalue weighted by molar-refractivity contribution is 5.79. The van der Waals surface area contributed by atoms with Gasteiger partial charge in [0.05, 0.1) is 10.8 Å². The Hall–Kier alpha value is -0.850. The van der Waals surface area contributed by atoms with Gasteiger partial charge in [-0.1, -0.05) is 13.8 Å². The summed E-state index contributed by atoms with van der Waals surface area (Å²) in [4.78, 5) is 24.0. The number of hydrogen-bond donors (Lipinski definition) is 4. The summed E-state index contributed by atoms with van der Waals surface area (Å²) in [7, 11) is 0. The minimum absolute atomic E-state index is 0.0400. The Bertz CT molecular complexity index is 395. The molecule has 140 valence electrons. The largest absolute Gasteiger partial charge is 0.342 e. The maximum atomic E-state index is 12.7. The van der Waals surface area contributed by atoms with Crippen LogP contribution in [-0.4, -0.2) is 67.7 Å². The number of nitrogens with zero attached hydrogens (tertiary/aromatic N) is 3. The fraction of sp³-hybridized carbons (Fsp3) is 0.929. The zero-order valence-electron chi connectivity index (χ0n) is 14.0. The van der Waals surface area contributed by atoms with Crippen molar-refractivity contribution in [2.45, 2.75) is 51.7 Å². The molecule has 3 atom stereocenters. The lowest BCUT2D eigenvalue weighted by atomic mass is 9.86. The Balaban J connectivity index is 1.92. The van der Waals surface area contributed by atoms with Crippen molar-refractivity contribution in [1.29, 1.82) is 0 Å². The van der Waals surface area contributed by atoms with Crippen LogP contribution < -0.4 is 0 Å². The van der Waals surface area contributed by atoms with Crippen LogP contribution in [0.15, 0.2) is 0 Å². The molecule has 1 amide bonds. The average Bonchev–Trinajstić information content (AvgIpc) is 2.88. The molecule has 1 heterocycles. The summed E-state index contributed by atoms with van der Waals surface area (Å²) in [6, 6.07) is 0. The molecule has 2 fully saturated rings. The predicted molar refractivity (Wildman–Crippen MR) is 77.4 cm³/mol. The van der Waals surface area contributed by atoms with Crippen LogP contribution in [0.4, 0.5) is 0 Å². The van der Waals surface area contributed by atoms with Gasteiger partial charge in [0.2, 0.25) is 5.91 Å². The smallest absolute Gasteiger partial charge is 0.225 e. The topological polar surface area (TPSA) is 126 Å². The van der Waals surface area contributed by atoms with Gasteiger partial charge in [-0.2, -0.15) is 0 Å². The predicted octanol–water partition coefficient (Wildman–Crippen LogP) is 1.05. The lowest BCUT2D eigenvalue weighted by Gasteiger charge is -2.35. The maximum Gasteiger partial charge on any atom is 0.225 e. The van der Waals surface area contributed by atoms with Gasteiger partial charge in [0.15, 0.2) is 0 Å². The first-order chi connectivity index (χ1) is 11.3. The van der Waals surface area contributed by atoms with E-state index in [1.807, 2.05) is 4.90 Å². The molecule has 0 aromatic heterocycles. The number of likely N-dealkylation sites (tertiary alicyclic amines) is 1. The van der Waals surface area contributed by atoms with Crippen LogP contribution >= 0.6 is 0 Å². The van der Waals surface area contributed by atoms with Crippen molar-refractivity contribution < 1.29 is 35.3 Å². The highest BCUT2D eigenvalue weighted by Crippen LogP contribution is 2.34. The summed E-state index contributed by atoms with van der Waals surface area (Å²) in [5.41, 5.74) is 0. The molecular formula is C14H27N3O7. The van der Waals surface area contributed by atoms with Gasteiger partial charge in [0.25, 0.3) is 0 Å². The minimum Gasteiger partial charge on any atom is -0.342 e. The SMILES string of the molecule is CC(C)C1CCN(C(=O)[C@@H]2C[C@H](ON(O)O)[C@H](ON(O)O)C2)CC1. The van der Waals surface area contributed by atoms with Crippen LogP contribution in [0.2, 0.25) is 0 Å². The second-order valence-corrected chi connectivity index (χ2v) is 6.87. The Labute approximate surface area is 140 Å². The summed E-state index contributed by atoms with van der Waals surface area (Å²) in [5, 5.41) is 34.3. The third kappa shape index (κ3) is 5.07. The normalized spacial score (nSPS) is 29.2. The zero-order chi connectivity index (χ0) is 17.9. The van der Waals surface area contributed by atoms with Gasteiger partial charge in [0.1, 0.15) is 12.2 Å². The lowest BCUT2D eigenvalue weighted by Crippen LogP contribution is -2.42. The molecule has 4 N–H and O–H groups in total. The maximum absolute atomic E-state index is 12.7. The molecule has 2 rings (SSSR count). The molecule has 0 unspecified atom stereocenters. The van der Waals surface area contributed by atoms with Crippen molar-refractivity contribution in [3.05, 3.63) is 0 Å². The van der Waals surface area contributed by atoms with Gasteiger partial charge in [-0.3, -0.25) is 25.6 Å². The molecule has 1 aliphatic heterocycles. The first kappa shape index (κ1) is 19.5. The molecule has 0 aromatic rings. The fourth-order valence-electron chi connectivity index (χ4n) is 3.67. The molecule has 0 spiro atoms. The van der Waals surface area contributed by atoms with E-state index >= 15 is 0 Å². The van der Waals surface area contributed by atoms with E-state index in [0.717, 1.165) is 12.8 Å². The second-order valence-electron chi connectivity index (χ2n) is 6.87. The van der Waals surface area contributed by atoms with Gasteiger partial charge in [-0.05, 0) is 37.5 Å². The molecule has 10 heteroatoms. The van der Waals surface area contributed by atoms with Gasteiger partial charge in [-0.25, -0.2) is 9.68 Å². The third-order valence-electron chi connectivity index (χ3n) is 5.05. The van der Waals surface area contributed by atoms with E-state index < -0.39 is 28.9 Å².